The zero-order valence-corrected chi connectivity index (χ0v) is 9.77. The molecular formula is C12H11FN2O4. The van der Waals surface area contributed by atoms with Gasteiger partial charge in [-0.15, -0.1) is 0 Å². The maximum absolute atomic E-state index is 12.9. The lowest BCUT2D eigenvalue weighted by atomic mass is 9.85. The molecule has 19 heavy (non-hydrogen) atoms. The minimum absolute atomic E-state index is 0.106. The van der Waals surface area contributed by atoms with Crippen molar-refractivity contribution in [2.45, 2.75) is 18.4 Å². The Labute approximate surface area is 107 Å². The number of amides is 3. The molecule has 1 saturated heterocycles. The van der Waals surface area contributed by atoms with Gasteiger partial charge < -0.3 is 10.4 Å². The second-order valence-electron chi connectivity index (χ2n) is 4.21. The van der Waals surface area contributed by atoms with Crippen molar-refractivity contribution in [3.63, 3.8) is 0 Å². The first-order valence-corrected chi connectivity index (χ1v) is 5.55. The van der Waals surface area contributed by atoms with Crippen LogP contribution in [0.4, 0.5) is 9.18 Å². The fraction of sp³-hybridized carbons (Fsp3) is 0.250. The van der Waals surface area contributed by atoms with Crippen LogP contribution in [0.3, 0.4) is 0 Å². The summed E-state index contributed by atoms with van der Waals surface area (Å²) in [5.74, 6) is -2.21. The summed E-state index contributed by atoms with van der Waals surface area (Å²) in [7, 11) is 0. The Morgan fingerprint density at radius 3 is 2.37 bits per heavy atom. The summed E-state index contributed by atoms with van der Waals surface area (Å²) < 4.78 is 12.9. The molecule has 0 unspecified atom stereocenters. The highest BCUT2D eigenvalue weighted by atomic mass is 19.1. The number of nitrogens with one attached hydrogen (secondary N) is 2. The van der Waals surface area contributed by atoms with E-state index in [0.29, 0.717) is 5.56 Å². The third kappa shape index (κ3) is 2.40. The van der Waals surface area contributed by atoms with Crippen LogP contribution in [0.15, 0.2) is 24.3 Å². The van der Waals surface area contributed by atoms with Crippen molar-refractivity contribution in [3.05, 3.63) is 35.6 Å². The quantitative estimate of drug-likeness (QED) is 0.700. The lowest BCUT2D eigenvalue weighted by molar-refractivity contribution is -0.137. The van der Waals surface area contributed by atoms with Crippen LogP contribution < -0.4 is 10.6 Å². The third-order valence-corrected chi connectivity index (χ3v) is 2.99. The molecule has 1 fully saturated rings. The Balaban J connectivity index is 2.39. The molecule has 1 atom stereocenters. The van der Waals surface area contributed by atoms with Crippen molar-refractivity contribution in [3.8, 4) is 0 Å². The number of rotatable bonds is 4. The number of benzene rings is 1. The summed E-state index contributed by atoms with van der Waals surface area (Å²) in [6.07, 6.45) is -0.406. The molecule has 3 amide bonds. The first-order valence-electron chi connectivity index (χ1n) is 5.55. The van der Waals surface area contributed by atoms with E-state index in [1.54, 1.807) is 0 Å². The Morgan fingerprint density at radius 2 is 1.89 bits per heavy atom. The second-order valence-corrected chi connectivity index (χ2v) is 4.21. The molecule has 0 spiro atoms. The molecule has 0 bridgehead atoms. The van der Waals surface area contributed by atoms with Crippen molar-refractivity contribution in [1.29, 1.82) is 0 Å². The highest BCUT2D eigenvalue weighted by molar-refractivity contribution is 6.07. The topological polar surface area (TPSA) is 95.5 Å². The van der Waals surface area contributed by atoms with Gasteiger partial charge >= 0.3 is 12.0 Å². The zero-order valence-electron chi connectivity index (χ0n) is 9.77. The Bertz CT molecular complexity index is 543. The number of carboxylic acids is 1. The fourth-order valence-electron chi connectivity index (χ4n) is 2.04. The third-order valence-electron chi connectivity index (χ3n) is 2.99. The summed E-state index contributed by atoms with van der Waals surface area (Å²) in [6, 6.07) is 4.30. The molecule has 6 nitrogen and oxygen atoms in total. The van der Waals surface area contributed by atoms with Gasteiger partial charge in [0.15, 0.2) is 0 Å². The van der Waals surface area contributed by atoms with Crippen molar-refractivity contribution in [1.82, 2.24) is 10.6 Å². The number of hydrogen-bond acceptors (Lipinski definition) is 3. The van der Waals surface area contributed by atoms with Crippen LogP contribution in [0.1, 0.15) is 18.4 Å². The van der Waals surface area contributed by atoms with Crippen LogP contribution >= 0.6 is 0 Å². The molecule has 1 aromatic carbocycles. The molecule has 0 aliphatic carbocycles. The highest BCUT2D eigenvalue weighted by Crippen LogP contribution is 2.30. The van der Waals surface area contributed by atoms with Gasteiger partial charge in [-0.1, -0.05) is 12.1 Å². The molecule has 1 heterocycles. The number of aliphatic carboxylic acids is 1. The van der Waals surface area contributed by atoms with E-state index in [2.05, 4.69) is 10.6 Å². The number of urea groups is 1. The predicted octanol–water partition coefficient (Wildman–Crippen LogP) is 0.725. The fourth-order valence-corrected chi connectivity index (χ4v) is 2.04. The smallest absolute Gasteiger partial charge is 0.322 e. The van der Waals surface area contributed by atoms with Crippen molar-refractivity contribution in [2.75, 3.05) is 0 Å². The van der Waals surface area contributed by atoms with Crippen LogP contribution in [-0.4, -0.2) is 23.0 Å². The predicted molar refractivity (Wildman–Crippen MR) is 61.6 cm³/mol. The SMILES string of the molecule is O=C(O)CC[C@@]1(c2ccc(F)cc2)NC(=O)NC1=O. The van der Waals surface area contributed by atoms with Gasteiger partial charge in [0.2, 0.25) is 0 Å². The minimum Gasteiger partial charge on any atom is -0.481 e. The molecule has 7 heteroatoms. The van der Waals surface area contributed by atoms with Gasteiger partial charge in [0.25, 0.3) is 5.91 Å². The van der Waals surface area contributed by atoms with Gasteiger partial charge in [-0.25, -0.2) is 9.18 Å². The number of imide groups is 1. The Morgan fingerprint density at radius 1 is 1.26 bits per heavy atom. The number of halogens is 1. The van der Waals surface area contributed by atoms with Crippen LogP contribution in [0.2, 0.25) is 0 Å². The van der Waals surface area contributed by atoms with Crippen molar-refractivity contribution in [2.24, 2.45) is 0 Å². The minimum atomic E-state index is -1.46. The largest absolute Gasteiger partial charge is 0.481 e. The maximum atomic E-state index is 12.9. The monoisotopic (exact) mass is 266 g/mol. The van der Waals surface area contributed by atoms with E-state index < -0.39 is 29.3 Å². The van der Waals surface area contributed by atoms with Crippen LogP contribution in [0.25, 0.3) is 0 Å². The lowest BCUT2D eigenvalue weighted by Gasteiger charge is -2.25. The number of carbonyl (C=O) groups excluding carboxylic acids is 2. The van der Waals surface area contributed by atoms with E-state index in [1.165, 1.54) is 12.1 Å². The van der Waals surface area contributed by atoms with Gasteiger partial charge in [-0.05, 0) is 24.1 Å². The Hall–Kier alpha value is -2.44. The molecule has 0 aromatic heterocycles. The summed E-state index contributed by atoms with van der Waals surface area (Å²) >= 11 is 0. The second kappa shape index (κ2) is 4.68. The van der Waals surface area contributed by atoms with Crippen molar-refractivity contribution >= 4 is 17.9 Å². The van der Waals surface area contributed by atoms with Gasteiger partial charge in [0, 0.05) is 6.42 Å². The van der Waals surface area contributed by atoms with Gasteiger partial charge in [0.1, 0.15) is 11.4 Å². The molecule has 1 aliphatic rings. The standard InChI is InChI=1S/C12H11FN2O4/c13-8-3-1-7(2-4-8)12(6-5-9(16)17)10(18)14-11(19)15-12/h1-4H,5-6H2,(H,16,17)(H2,14,15,18,19)/t12-/m0/s1. The van der Waals surface area contributed by atoms with Crippen molar-refractivity contribution < 1.29 is 23.9 Å². The Kier molecular flexibility index (Phi) is 3.20. The normalized spacial score (nSPS) is 21.9. The molecule has 2 rings (SSSR count). The average Bonchev–Trinajstić information content (AvgIpc) is 2.63. The molecule has 1 aliphatic heterocycles. The van der Waals surface area contributed by atoms with E-state index in [1.807, 2.05) is 0 Å². The molecule has 3 N–H and O–H groups in total. The number of carboxylic acid groups (broad SMARTS) is 1. The van der Waals surface area contributed by atoms with E-state index in [4.69, 9.17) is 5.11 Å². The summed E-state index contributed by atoms with van der Waals surface area (Å²) in [4.78, 5) is 33.9. The molecule has 0 saturated carbocycles. The van der Waals surface area contributed by atoms with Crippen LogP contribution in [-0.2, 0) is 15.1 Å². The summed E-state index contributed by atoms with van der Waals surface area (Å²) in [5, 5.41) is 13.2. The van der Waals surface area contributed by atoms with Gasteiger partial charge in [-0.2, -0.15) is 0 Å². The van der Waals surface area contributed by atoms with E-state index in [9.17, 15) is 18.8 Å². The molecular weight excluding hydrogens is 255 g/mol. The van der Waals surface area contributed by atoms with Crippen LogP contribution in [0, 0.1) is 5.82 Å². The van der Waals surface area contributed by atoms with E-state index >= 15 is 0 Å². The van der Waals surface area contributed by atoms with Crippen LogP contribution in [0.5, 0.6) is 0 Å². The maximum Gasteiger partial charge on any atom is 0.322 e. The average molecular weight is 266 g/mol. The lowest BCUT2D eigenvalue weighted by Crippen LogP contribution is -2.44. The summed E-state index contributed by atoms with van der Waals surface area (Å²) in [6.45, 7) is 0. The van der Waals surface area contributed by atoms with Gasteiger partial charge in [0.05, 0.1) is 0 Å². The molecule has 0 radical (unpaired) electrons. The van der Waals surface area contributed by atoms with E-state index in [-0.39, 0.29) is 12.8 Å². The van der Waals surface area contributed by atoms with E-state index in [0.717, 1.165) is 12.1 Å². The first kappa shape index (κ1) is 13.0. The molecule has 1 aromatic rings. The van der Waals surface area contributed by atoms with Gasteiger partial charge in [-0.3, -0.25) is 14.9 Å². The number of hydrogen-bond donors (Lipinski definition) is 3. The molecule has 100 valence electrons. The zero-order chi connectivity index (χ0) is 14.0. The highest BCUT2D eigenvalue weighted by Gasteiger charge is 2.47. The summed E-state index contributed by atoms with van der Waals surface area (Å²) in [5.41, 5.74) is -1.11. The number of carbonyl (C=O) groups is 3. The first-order chi connectivity index (χ1) is 8.94.